The van der Waals surface area contributed by atoms with Crippen molar-refractivity contribution in [3.05, 3.63) is 57.5 Å². The second-order valence-corrected chi connectivity index (χ2v) is 7.39. The first kappa shape index (κ1) is 22.9. The van der Waals surface area contributed by atoms with Crippen LogP contribution in [0.4, 0.5) is 4.39 Å². The number of benzene rings is 1. The minimum Gasteiger partial charge on any atom is -0.386 e. The Morgan fingerprint density at radius 2 is 2.00 bits per heavy atom. The van der Waals surface area contributed by atoms with E-state index in [0.717, 1.165) is 6.42 Å². The normalized spacial score (nSPS) is 13.7. The highest BCUT2D eigenvalue weighted by Gasteiger charge is 2.13. The lowest BCUT2D eigenvalue weighted by molar-refractivity contribution is 0.182. The molecule has 0 aliphatic heterocycles. The van der Waals surface area contributed by atoms with Crippen molar-refractivity contribution >= 4 is 41.3 Å². The number of aryl methyl sites for hydroxylation is 1. The molecule has 0 radical (unpaired) electrons. The molecule has 1 aromatic heterocycles. The number of guanidine groups is 1. The second kappa shape index (κ2) is 11.5. The van der Waals surface area contributed by atoms with Gasteiger partial charge in [0.05, 0.1) is 6.54 Å². The Kier molecular flexibility index (Phi) is 10.1. The van der Waals surface area contributed by atoms with Gasteiger partial charge in [-0.05, 0) is 39.0 Å². The third kappa shape index (κ3) is 7.20. The van der Waals surface area contributed by atoms with E-state index < -0.39 is 11.9 Å². The lowest BCUT2D eigenvalue weighted by Crippen LogP contribution is -2.43. The van der Waals surface area contributed by atoms with Gasteiger partial charge in [0.1, 0.15) is 11.9 Å². The van der Waals surface area contributed by atoms with E-state index in [1.165, 1.54) is 15.8 Å². The van der Waals surface area contributed by atoms with Gasteiger partial charge in [-0.1, -0.05) is 18.2 Å². The Morgan fingerprint density at radius 1 is 1.27 bits per heavy atom. The van der Waals surface area contributed by atoms with Gasteiger partial charge in [0.25, 0.3) is 0 Å². The fraction of sp³-hybridized carbons (Fsp3) is 0.421. The van der Waals surface area contributed by atoms with Crippen molar-refractivity contribution in [3.63, 3.8) is 0 Å². The highest BCUT2D eigenvalue weighted by Crippen LogP contribution is 2.17. The predicted molar refractivity (Wildman–Crippen MR) is 118 cm³/mol. The van der Waals surface area contributed by atoms with Crippen LogP contribution >= 0.6 is 35.3 Å². The molecule has 4 nitrogen and oxygen atoms in total. The van der Waals surface area contributed by atoms with Crippen LogP contribution in [-0.4, -0.2) is 30.2 Å². The molecule has 1 heterocycles. The maximum atomic E-state index is 13.7. The minimum absolute atomic E-state index is 0. The molecule has 1 aromatic carbocycles. The molecule has 0 bridgehead atoms. The average Bonchev–Trinajstić information content (AvgIpc) is 2.97. The van der Waals surface area contributed by atoms with Gasteiger partial charge in [0.15, 0.2) is 5.96 Å². The van der Waals surface area contributed by atoms with E-state index in [0.29, 0.717) is 12.5 Å². The van der Waals surface area contributed by atoms with E-state index in [9.17, 15) is 9.50 Å². The lowest BCUT2D eigenvalue weighted by Gasteiger charge is -2.18. The number of hydrogen-bond donors (Lipinski definition) is 3. The molecule has 0 saturated heterocycles. The number of aliphatic hydroxyl groups excluding tert-OH is 1. The molecule has 2 rings (SSSR count). The molecule has 2 atom stereocenters. The van der Waals surface area contributed by atoms with Crippen LogP contribution in [0, 0.1) is 12.7 Å². The molecule has 0 aliphatic rings. The molecule has 0 amide bonds. The summed E-state index contributed by atoms with van der Waals surface area (Å²) in [4.78, 5) is 7.02. The highest BCUT2D eigenvalue weighted by atomic mass is 127. The standard InChI is InChI=1S/C19H26FN3OS.HI/c1-4-21-19(23-13(2)11-15-10-9-14(3)25-15)22-12-18(24)16-7-5-6-8-17(16)20;/h5-10,13,18,24H,4,11-12H2,1-3H3,(H2,21,22,23);1H. The molecule has 0 fully saturated rings. The van der Waals surface area contributed by atoms with Crippen molar-refractivity contribution in [1.82, 2.24) is 10.6 Å². The number of aliphatic imine (C=N–C) groups is 1. The van der Waals surface area contributed by atoms with Gasteiger partial charge >= 0.3 is 0 Å². The summed E-state index contributed by atoms with van der Waals surface area (Å²) in [6.07, 6.45) is -0.0643. The predicted octanol–water partition coefficient (Wildman–Crippen LogP) is 4.03. The van der Waals surface area contributed by atoms with Gasteiger partial charge in [-0.25, -0.2) is 4.39 Å². The van der Waals surface area contributed by atoms with Crippen LogP contribution < -0.4 is 10.6 Å². The Bertz CT molecular complexity index is 708. The summed E-state index contributed by atoms with van der Waals surface area (Å²) < 4.78 is 13.7. The topological polar surface area (TPSA) is 56.7 Å². The van der Waals surface area contributed by atoms with Gasteiger partial charge < -0.3 is 15.7 Å². The quantitative estimate of drug-likeness (QED) is 0.312. The second-order valence-electron chi connectivity index (χ2n) is 6.02. The van der Waals surface area contributed by atoms with Gasteiger partial charge in [-0.3, -0.25) is 4.99 Å². The van der Waals surface area contributed by atoms with Crippen LogP contribution in [0.1, 0.15) is 35.3 Å². The summed E-state index contributed by atoms with van der Waals surface area (Å²) in [5.41, 5.74) is 0.268. The van der Waals surface area contributed by atoms with Gasteiger partial charge in [-0.15, -0.1) is 35.3 Å². The zero-order valence-electron chi connectivity index (χ0n) is 15.3. The van der Waals surface area contributed by atoms with Crippen LogP contribution in [0.25, 0.3) is 0 Å². The lowest BCUT2D eigenvalue weighted by atomic mass is 10.1. The van der Waals surface area contributed by atoms with Crippen molar-refractivity contribution in [1.29, 1.82) is 0 Å². The number of halogens is 2. The fourth-order valence-electron chi connectivity index (χ4n) is 2.52. The van der Waals surface area contributed by atoms with Crippen molar-refractivity contribution < 1.29 is 9.50 Å². The first-order valence-electron chi connectivity index (χ1n) is 8.52. The molecule has 144 valence electrons. The number of nitrogens with zero attached hydrogens (tertiary/aromatic N) is 1. The Hall–Kier alpha value is -1.19. The maximum Gasteiger partial charge on any atom is 0.191 e. The van der Waals surface area contributed by atoms with E-state index in [4.69, 9.17) is 0 Å². The zero-order valence-corrected chi connectivity index (χ0v) is 18.5. The van der Waals surface area contributed by atoms with Crippen LogP contribution in [0.3, 0.4) is 0 Å². The van der Waals surface area contributed by atoms with E-state index in [1.807, 2.05) is 6.92 Å². The van der Waals surface area contributed by atoms with Crippen LogP contribution in [-0.2, 0) is 6.42 Å². The van der Waals surface area contributed by atoms with Crippen molar-refractivity contribution in [2.75, 3.05) is 13.1 Å². The fourth-order valence-corrected chi connectivity index (χ4v) is 3.54. The molecular weight excluding hydrogens is 464 g/mol. The third-order valence-electron chi connectivity index (χ3n) is 3.72. The number of aliphatic hydroxyl groups is 1. The molecule has 2 unspecified atom stereocenters. The average molecular weight is 491 g/mol. The first-order valence-corrected chi connectivity index (χ1v) is 9.34. The first-order chi connectivity index (χ1) is 12.0. The Balaban J connectivity index is 0.00000338. The summed E-state index contributed by atoms with van der Waals surface area (Å²) in [6.45, 7) is 6.99. The molecular formula is C19H27FIN3OS. The highest BCUT2D eigenvalue weighted by molar-refractivity contribution is 14.0. The maximum absolute atomic E-state index is 13.7. The smallest absolute Gasteiger partial charge is 0.191 e. The van der Waals surface area contributed by atoms with Crippen molar-refractivity contribution in [2.45, 2.75) is 39.3 Å². The molecule has 0 saturated carbocycles. The van der Waals surface area contributed by atoms with E-state index in [2.05, 4.69) is 41.6 Å². The van der Waals surface area contributed by atoms with Crippen LogP contribution in [0.5, 0.6) is 0 Å². The number of nitrogens with one attached hydrogen (secondary N) is 2. The summed E-state index contributed by atoms with van der Waals surface area (Å²) in [5.74, 6) is 0.211. The molecule has 2 aromatic rings. The number of thiophene rings is 1. The number of rotatable bonds is 7. The van der Waals surface area contributed by atoms with Gasteiger partial charge in [0.2, 0.25) is 0 Å². The van der Waals surface area contributed by atoms with Gasteiger partial charge in [0, 0.05) is 34.3 Å². The Morgan fingerprint density at radius 3 is 2.62 bits per heavy atom. The van der Waals surface area contributed by atoms with Crippen molar-refractivity contribution in [3.8, 4) is 0 Å². The van der Waals surface area contributed by atoms with E-state index in [1.54, 1.807) is 29.5 Å². The molecule has 26 heavy (non-hydrogen) atoms. The molecule has 3 N–H and O–H groups in total. The summed E-state index contributed by atoms with van der Waals surface area (Å²) in [6, 6.07) is 10.7. The number of hydrogen-bond acceptors (Lipinski definition) is 3. The summed E-state index contributed by atoms with van der Waals surface area (Å²) in [7, 11) is 0. The SMILES string of the molecule is CCNC(=NCC(O)c1ccccc1F)NC(C)Cc1ccc(C)s1.I. The van der Waals surface area contributed by atoms with E-state index >= 15 is 0 Å². The van der Waals surface area contributed by atoms with Crippen LogP contribution in [0.15, 0.2) is 41.4 Å². The summed E-state index contributed by atoms with van der Waals surface area (Å²) >= 11 is 1.79. The summed E-state index contributed by atoms with van der Waals surface area (Å²) in [5, 5.41) is 16.7. The molecule has 0 aliphatic carbocycles. The minimum atomic E-state index is -0.966. The van der Waals surface area contributed by atoms with Crippen molar-refractivity contribution in [2.24, 2.45) is 4.99 Å². The van der Waals surface area contributed by atoms with Crippen LogP contribution in [0.2, 0.25) is 0 Å². The Labute approximate surface area is 176 Å². The largest absolute Gasteiger partial charge is 0.386 e. The monoisotopic (exact) mass is 491 g/mol. The molecule has 7 heteroatoms. The zero-order chi connectivity index (χ0) is 18.2. The third-order valence-corrected chi connectivity index (χ3v) is 4.74. The van der Waals surface area contributed by atoms with E-state index in [-0.39, 0.29) is 42.1 Å². The molecule has 0 spiro atoms. The van der Waals surface area contributed by atoms with Gasteiger partial charge in [-0.2, -0.15) is 0 Å².